The first-order valence-electron chi connectivity index (χ1n) is 21.8. The van der Waals surface area contributed by atoms with Crippen LogP contribution in [0.15, 0.2) is 16.4 Å². The van der Waals surface area contributed by atoms with Crippen LogP contribution in [0.5, 0.6) is 11.8 Å². The van der Waals surface area contributed by atoms with E-state index < -0.39 is 11.0 Å². The fourth-order valence-electron chi connectivity index (χ4n) is 6.00. The van der Waals surface area contributed by atoms with Gasteiger partial charge in [0.2, 0.25) is 11.7 Å². The van der Waals surface area contributed by atoms with Crippen LogP contribution in [0.2, 0.25) is 0 Å². The van der Waals surface area contributed by atoms with Crippen LogP contribution in [0.3, 0.4) is 0 Å². The Bertz CT molecular complexity index is 1400. The highest BCUT2D eigenvalue weighted by Gasteiger charge is 2.34. The summed E-state index contributed by atoms with van der Waals surface area (Å²) in [6, 6.07) is 0.109. The minimum absolute atomic E-state index is 0.0671. The lowest BCUT2D eigenvalue weighted by atomic mass is 9.69. The summed E-state index contributed by atoms with van der Waals surface area (Å²) in [5.74, 6) is 2.66. The molecule has 4 aliphatic rings. The summed E-state index contributed by atoms with van der Waals surface area (Å²) < 4.78 is 4.81. The Labute approximate surface area is 362 Å². The molecule has 1 aliphatic carbocycles. The molecule has 58 heavy (non-hydrogen) atoms. The molecule has 1 unspecified atom stereocenters. The van der Waals surface area contributed by atoms with Crippen molar-refractivity contribution in [3.63, 3.8) is 0 Å². The molecular weight excluding hydrogens is 743 g/mol. The highest BCUT2D eigenvalue weighted by molar-refractivity contribution is 8.04. The zero-order valence-corrected chi connectivity index (χ0v) is 42.6. The fourth-order valence-corrected chi connectivity index (χ4v) is 7.25. The van der Waals surface area contributed by atoms with Crippen molar-refractivity contribution >= 4 is 17.7 Å². The minimum atomic E-state index is -0.582. The van der Waals surface area contributed by atoms with Crippen LogP contribution in [-0.4, -0.2) is 83.4 Å². The molecule has 1 amide bonds. The lowest BCUT2D eigenvalue weighted by Gasteiger charge is -2.44. The number of nitrogens with one attached hydrogen (secondary N) is 2. The third-order valence-corrected chi connectivity index (χ3v) is 12.4. The van der Waals surface area contributed by atoms with Gasteiger partial charge >= 0.3 is 0 Å². The van der Waals surface area contributed by atoms with Crippen molar-refractivity contribution in [1.82, 2.24) is 25.1 Å². The highest BCUT2D eigenvalue weighted by atomic mass is 32.2. The van der Waals surface area contributed by atoms with Gasteiger partial charge in [-0.1, -0.05) is 163 Å². The van der Waals surface area contributed by atoms with Crippen molar-refractivity contribution in [3.8, 4) is 11.8 Å². The number of likely N-dealkylation sites (tertiary alicyclic amines) is 2. The molecule has 9 nitrogen and oxygen atoms in total. The maximum atomic E-state index is 11.3. The number of hydrogen-bond donors (Lipinski definition) is 3. The number of methoxy groups -OCH3 is 1. The van der Waals surface area contributed by atoms with Gasteiger partial charge in [0.1, 0.15) is 0 Å². The minimum Gasteiger partial charge on any atom is -0.502 e. The Morgan fingerprint density at radius 1 is 0.741 bits per heavy atom. The van der Waals surface area contributed by atoms with Gasteiger partial charge < -0.3 is 25.0 Å². The van der Waals surface area contributed by atoms with E-state index in [0.717, 1.165) is 29.2 Å². The van der Waals surface area contributed by atoms with Gasteiger partial charge in [0.05, 0.1) is 23.1 Å². The second-order valence-electron chi connectivity index (χ2n) is 23.8. The molecule has 4 heterocycles. The monoisotopic (exact) mass is 836 g/mol. The molecule has 0 bridgehead atoms. The molecule has 1 saturated carbocycles. The van der Waals surface area contributed by atoms with Gasteiger partial charge in [-0.15, -0.1) is 0 Å². The first kappa shape index (κ1) is 56.0. The zero-order chi connectivity index (χ0) is 45.8. The van der Waals surface area contributed by atoms with Crippen LogP contribution in [-0.2, 0) is 10.2 Å². The van der Waals surface area contributed by atoms with Gasteiger partial charge in [0, 0.05) is 31.6 Å². The predicted octanol–water partition coefficient (Wildman–Crippen LogP) is 11.4. The van der Waals surface area contributed by atoms with E-state index >= 15 is 0 Å². The molecule has 3 N–H and O–H groups in total. The molecule has 5 rings (SSSR count). The lowest BCUT2D eigenvalue weighted by Crippen LogP contribution is -2.49. The van der Waals surface area contributed by atoms with Crippen LogP contribution >= 0.6 is 11.8 Å². The average molecular weight is 836 g/mol. The van der Waals surface area contributed by atoms with E-state index in [0.29, 0.717) is 27.4 Å². The van der Waals surface area contributed by atoms with Crippen LogP contribution < -0.4 is 15.6 Å². The molecule has 3 aliphatic heterocycles. The van der Waals surface area contributed by atoms with Gasteiger partial charge in [0.15, 0.2) is 0 Å². The van der Waals surface area contributed by atoms with Crippen molar-refractivity contribution in [3.05, 3.63) is 27.7 Å². The number of rotatable bonds is 2. The quantitative estimate of drug-likeness (QED) is 0.270. The Kier molecular flexibility index (Phi) is 21.9. The van der Waals surface area contributed by atoms with E-state index in [1.165, 1.54) is 59.0 Å². The van der Waals surface area contributed by atoms with Gasteiger partial charge in [-0.25, -0.2) is 0 Å². The Hall–Kier alpha value is -2.04. The second-order valence-corrected chi connectivity index (χ2v) is 25.1. The molecule has 340 valence electrons. The number of amides is 1. The molecule has 10 heteroatoms. The Morgan fingerprint density at radius 2 is 1.14 bits per heavy atom. The second kappa shape index (κ2) is 22.7. The third-order valence-electron chi connectivity index (χ3n) is 11.4. The molecule has 3 saturated heterocycles. The zero-order valence-electron chi connectivity index (χ0n) is 41.8. The van der Waals surface area contributed by atoms with Gasteiger partial charge in [-0.2, -0.15) is 4.98 Å². The first-order valence-corrected chi connectivity index (χ1v) is 22.7. The Balaban J connectivity index is 0.000000685. The average Bonchev–Trinajstić information content (AvgIpc) is 3.27. The smallest absolute Gasteiger partial charge is 0.296 e. The standard InChI is InChI=1S/C9H14N2O3.C9H15NOS.2C8H17N.C8H16.C6H14/c1-9(2,3)6-5(12)7(13)11-8(10-6)14-4;1-6-10-8(11)7(12-6)5-9(2,3)4;2*1-8(2,3)7-5-9(4)6-7;1-8(2,3)7-5-4-6-7;1-5-6(2,3)4/h12H,1-4H3,(H,10,11,13);7H,1,5H2,2-4H3,(H,10,11);2*7H,5-6H2,1-4H3;7H,4-6H2,1-3H3;5H2,1-4H3. The number of aromatic nitrogens is 2. The number of H-pyrrole nitrogens is 1. The number of carbonyl (C=O) groups excluding carboxylic acids is 1. The maximum absolute atomic E-state index is 11.3. The summed E-state index contributed by atoms with van der Waals surface area (Å²) >= 11 is 1.55. The number of aromatic amines is 1. The van der Waals surface area contributed by atoms with Crippen molar-refractivity contribution < 1.29 is 14.6 Å². The van der Waals surface area contributed by atoms with Crippen LogP contribution in [0.4, 0.5) is 0 Å². The molecule has 1 atom stereocenters. The third kappa shape index (κ3) is 22.5. The normalized spacial score (nSPS) is 19.7. The number of thioether (sulfide) groups is 1. The summed E-state index contributed by atoms with van der Waals surface area (Å²) in [4.78, 5) is 33.5. The van der Waals surface area contributed by atoms with Crippen molar-refractivity contribution in [1.29, 1.82) is 0 Å². The lowest BCUT2D eigenvalue weighted by molar-refractivity contribution is -0.119. The summed E-state index contributed by atoms with van der Waals surface area (Å²) in [5, 5.41) is 13.1. The number of carbonyl (C=O) groups is 1. The topological polar surface area (TPSA) is 111 Å². The Morgan fingerprint density at radius 3 is 1.33 bits per heavy atom. The van der Waals surface area contributed by atoms with Crippen LogP contribution in [0.25, 0.3) is 0 Å². The molecule has 1 aromatic rings. The van der Waals surface area contributed by atoms with Crippen LogP contribution in [0.1, 0.15) is 169 Å². The fraction of sp³-hybridized carbons (Fsp3) is 0.854. The van der Waals surface area contributed by atoms with E-state index in [1.54, 1.807) is 11.8 Å². The van der Waals surface area contributed by atoms with Crippen molar-refractivity contribution in [2.24, 2.45) is 44.8 Å². The first-order chi connectivity index (χ1) is 25.9. The van der Waals surface area contributed by atoms with E-state index in [4.69, 9.17) is 4.74 Å². The van der Waals surface area contributed by atoms with E-state index in [-0.39, 0.29) is 28.3 Å². The largest absolute Gasteiger partial charge is 0.502 e. The van der Waals surface area contributed by atoms with Gasteiger partial charge in [-0.05, 0) is 78.2 Å². The maximum Gasteiger partial charge on any atom is 0.296 e. The van der Waals surface area contributed by atoms with Gasteiger partial charge in [0.25, 0.3) is 11.6 Å². The van der Waals surface area contributed by atoms with Crippen molar-refractivity contribution in [2.45, 2.75) is 174 Å². The molecule has 4 fully saturated rings. The number of nitrogens with zero attached hydrogens (tertiary/aromatic N) is 3. The predicted molar refractivity (Wildman–Crippen MR) is 252 cm³/mol. The summed E-state index contributed by atoms with van der Waals surface area (Å²) in [7, 11) is 5.77. The summed E-state index contributed by atoms with van der Waals surface area (Å²) in [6.07, 6.45) is 6.60. The van der Waals surface area contributed by atoms with E-state index in [1.807, 2.05) is 20.8 Å². The number of ether oxygens (including phenoxy) is 1. The molecular formula is C48H93N5O4S. The highest BCUT2D eigenvalue weighted by Crippen LogP contribution is 2.41. The molecule has 0 radical (unpaired) electrons. The number of hydrogen-bond acceptors (Lipinski definition) is 8. The summed E-state index contributed by atoms with van der Waals surface area (Å²) in [5.41, 5.74) is 1.77. The van der Waals surface area contributed by atoms with E-state index in [9.17, 15) is 14.7 Å². The van der Waals surface area contributed by atoms with Gasteiger partial charge in [-0.3, -0.25) is 14.6 Å². The van der Waals surface area contributed by atoms with Crippen LogP contribution in [0, 0.1) is 44.8 Å². The van der Waals surface area contributed by atoms with Crippen molar-refractivity contribution in [2.75, 3.05) is 47.4 Å². The summed E-state index contributed by atoms with van der Waals surface area (Å²) in [6.45, 7) is 50.8. The number of aromatic hydroxyl groups is 1. The molecule has 0 spiro atoms. The molecule has 1 aromatic heterocycles. The van der Waals surface area contributed by atoms with E-state index in [2.05, 4.69) is 157 Å². The SMILES string of the molecule is C=C1NC(=O)C(CC(C)(C)C)S1.CC(C)(C)C1CCC1.CCC(C)(C)C.CN1CC(C(C)(C)C)C1.CN1CC(C(C)(C)C)C1.COc1nc(C(C)(C)C)c(O)c(=O)[nH]1. The molecule has 0 aromatic carbocycles.